The molecule has 122 valence electrons. The molecule has 1 unspecified atom stereocenters. The van der Waals surface area contributed by atoms with Gasteiger partial charge in [-0.1, -0.05) is 43.3 Å². The fourth-order valence-electron chi connectivity index (χ4n) is 2.12. The zero-order valence-corrected chi connectivity index (χ0v) is 14.6. The smallest absolute Gasteiger partial charge is 0.269 e. The van der Waals surface area contributed by atoms with Crippen molar-refractivity contribution in [1.29, 1.82) is 0 Å². The van der Waals surface area contributed by atoms with Crippen LogP contribution in [0.1, 0.15) is 29.4 Å². The summed E-state index contributed by atoms with van der Waals surface area (Å²) in [5.41, 5.74) is 3.78. The highest BCUT2D eigenvalue weighted by atomic mass is 16.6. The Bertz CT molecular complexity index is 607. The summed E-state index contributed by atoms with van der Waals surface area (Å²) < 4.78 is 0. The van der Waals surface area contributed by atoms with Crippen LogP contribution in [0.4, 0.5) is 5.69 Å². The summed E-state index contributed by atoms with van der Waals surface area (Å²) in [6.45, 7) is 2.13. The maximum Gasteiger partial charge on any atom is 0.269 e. The molecule has 0 saturated heterocycles. The highest BCUT2D eigenvalue weighted by molar-refractivity contribution is 6.14. The lowest BCUT2D eigenvalue weighted by Crippen LogP contribution is -2.01. The Morgan fingerprint density at radius 3 is 1.74 bits per heavy atom. The van der Waals surface area contributed by atoms with E-state index < -0.39 is 0 Å². The van der Waals surface area contributed by atoms with Crippen LogP contribution in [0.2, 0.25) is 0 Å². The van der Waals surface area contributed by atoms with Gasteiger partial charge in [0, 0.05) is 12.1 Å². The molecule has 2 aromatic rings. The van der Waals surface area contributed by atoms with Crippen molar-refractivity contribution in [2.75, 3.05) is 21.1 Å². The zero-order valence-electron chi connectivity index (χ0n) is 14.6. The second kappa shape index (κ2) is 9.11. The quantitative estimate of drug-likeness (QED) is 0.495. The van der Waals surface area contributed by atoms with Crippen LogP contribution in [0.15, 0.2) is 48.5 Å². The summed E-state index contributed by atoms with van der Waals surface area (Å²) in [6.07, 6.45) is 1.03. The summed E-state index contributed by atoms with van der Waals surface area (Å²) in [4.78, 5) is 12.3. The largest absolute Gasteiger partial charge is 0.312 e. The third-order valence-corrected chi connectivity index (χ3v) is 3.49. The summed E-state index contributed by atoms with van der Waals surface area (Å²) in [5, 5.41) is 10.6. The Morgan fingerprint density at radius 1 is 1.00 bits per heavy atom. The summed E-state index contributed by atoms with van der Waals surface area (Å²) in [7, 11) is 8.11. The van der Waals surface area contributed by atoms with Crippen LogP contribution in [0.25, 0.3) is 0 Å². The second-order valence-corrected chi connectivity index (χ2v) is 6.01. The molecule has 2 aromatic carbocycles. The molecule has 0 aliphatic rings. The van der Waals surface area contributed by atoms with Crippen molar-refractivity contribution < 1.29 is 4.92 Å². The first-order valence-corrected chi connectivity index (χ1v) is 7.79. The molecule has 2 rings (SSSR count). The number of benzene rings is 2. The predicted molar refractivity (Wildman–Crippen MR) is 98.9 cm³/mol. The third kappa shape index (κ3) is 6.24. The Labute approximate surface area is 139 Å². The van der Waals surface area contributed by atoms with Gasteiger partial charge in [0.1, 0.15) is 7.85 Å². The van der Waals surface area contributed by atoms with Crippen LogP contribution >= 0.6 is 0 Å². The van der Waals surface area contributed by atoms with Gasteiger partial charge in [0.25, 0.3) is 5.69 Å². The van der Waals surface area contributed by atoms with E-state index in [4.69, 9.17) is 0 Å². The van der Waals surface area contributed by atoms with Crippen LogP contribution in [0.5, 0.6) is 0 Å². The molecule has 0 fully saturated rings. The molecular weight excluding hydrogens is 287 g/mol. The van der Waals surface area contributed by atoms with Crippen LogP contribution in [0, 0.1) is 10.1 Å². The molecule has 1 atom stereocenters. The Kier molecular flexibility index (Phi) is 7.49. The van der Waals surface area contributed by atoms with Crippen molar-refractivity contribution in [3.8, 4) is 0 Å². The maximum atomic E-state index is 10.6. The van der Waals surface area contributed by atoms with Crippen molar-refractivity contribution in [3.63, 3.8) is 0 Å². The lowest BCUT2D eigenvalue weighted by Gasteiger charge is -2.12. The Balaban J connectivity index is 0.000000593. The first-order valence-electron chi connectivity index (χ1n) is 7.79. The SMILES string of the molecule is BC(c1ccc(CC)cc1)c1ccc([N+](=O)[O-])cc1.CN(C)C. The number of nitrogens with zero attached hydrogens (tertiary/aromatic N) is 2. The molecule has 0 heterocycles. The van der Waals surface area contributed by atoms with Gasteiger partial charge in [0.2, 0.25) is 0 Å². The third-order valence-electron chi connectivity index (χ3n) is 3.49. The van der Waals surface area contributed by atoms with E-state index in [1.54, 1.807) is 12.1 Å². The fourth-order valence-corrected chi connectivity index (χ4v) is 2.12. The molecule has 0 spiro atoms. The molecule has 23 heavy (non-hydrogen) atoms. The topological polar surface area (TPSA) is 46.4 Å². The van der Waals surface area contributed by atoms with E-state index in [0.29, 0.717) is 0 Å². The van der Waals surface area contributed by atoms with Gasteiger partial charge in [-0.25, -0.2) is 0 Å². The lowest BCUT2D eigenvalue weighted by atomic mass is 9.76. The van der Waals surface area contributed by atoms with E-state index in [-0.39, 0.29) is 16.4 Å². The van der Waals surface area contributed by atoms with Gasteiger partial charge in [0.05, 0.1) is 4.92 Å². The Morgan fingerprint density at radius 2 is 1.39 bits per heavy atom. The van der Waals surface area contributed by atoms with Crippen molar-refractivity contribution in [2.24, 2.45) is 0 Å². The molecule has 0 aliphatic heterocycles. The highest BCUT2D eigenvalue weighted by Crippen LogP contribution is 2.23. The van der Waals surface area contributed by atoms with Crippen LogP contribution in [-0.4, -0.2) is 38.8 Å². The van der Waals surface area contributed by atoms with Crippen molar-refractivity contribution in [2.45, 2.75) is 19.2 Å². The molecular formula is C18H25BN2O2. The lowest BCUT2D eigenvalue weighted by molar-refractivity contribution is -0.384. The first kappa shape index (κ1) is 18.9. The van der Waals surface area contributed by atoms with Crippen molar-refractivity contribution in [1.82, 2.24) is 4.90 Å². The van der Waals surface area contributed by atoms with E-state index in [1.165, 1.54) is 11.1 Å². The Hall–Kier alpha value is -2.14. The van der Waals surface area contributed by atoms with Crippen LogP contribution < -0.4 is 0 Å². The number of aryl methyl sites for hydroxylation is 1. The molecule has 0 aliphatic carbocycles. The van der Waals surface area contributed by atoms with E-state index >= 15 is 0 Å². The minimum absolute atomic E-state index is 0.136. The summed E-state index contributed by atoms with van der Waals surface area (Å²) >= 11 is 0. The number of non-ortho nitro benzene ring substituents is 1. The normalized spacial score (nSPS) is 11.5. The maximum absolute atomic E-state index is 10.6. The molecule has 5 heteroatoms. The highest BCUT2D eigenvalue weighted by Gasteiger charge is 2.10. The first-order chi connectivity index (χ1) is 10.8. The van der Waals surface area contributed by atoms with Gasteiger partial charge in [-0.3, -0.25) is 10.1 Å². The number of hydrogen-bond donors (Lipinski definition) is 0. The van der Waals surface area contributed by atoms with Crippen molar-refractivity contribution >= 4 is 13.5 Å². The molecule has 0 aromatic heterocycles. The minimum atomic E-state index is -0.371. The van der Waals surface area contributed by atoms with Crippen LogP contribution in [-0.2, 0) is 6.42 Å². The van der Waals surface area contributed by atoms with Gasteiger partial charge in [0.15, 0.2) is 0 Å². The van der Waals surface area contributed by atoms with E-state index in [2.05, 4.69) is 39.0 Å². The minimum Gasteiger partial charge on any atom is -0.312 e. The predicted octanol–water partition coefficient (Wildman–Crippen LogP) is 3.06. The number of nitro groups is 1. The number of nitro benzene ring substituents is 1. The molecule has 0 radical (unpaired) electrons. The zero-order chi connectivity index (χ0) is 17.4. The standard InChI is InChI=1S/C15H16BNO2.C3H9N/c1-2-11-3-5-12(6-4-11)15(16)13-7-9-14(10-8-13)17(18)19;1-4(2)3/h3-10,15H,2,16H2,1H3;1-3H3. The molecule has 0 amide bonds. The van der Waals surface area contributed by atoms with Gasteiger partial charge < -0.3 is 4.90 Å². The fraction of sp³-hybridized carbons (Fsp3) is 0.333. The van der Waals surface area contributed by atoms with Gasteiger partial charge in [-0.15, -0.1) is 0 Å². The van der Waals surface area contributed by atoms with Crippen molar-refractivity contribution in [3.05, 3.63) is 75.3 Å². The number of hydrogen-bond acceptors (Lipinski definition) is 3. The molecule has 0 bridgehead atoms. The average molecular weight is 312 g/mol. The summed E-state index contributed by atoms with van der Waals surface area (Å²) in [6, 6.07) is 15.3. The summed E-state index contributed by atoms with van der Waals surface area (Å²) in [5.74, 6) is 0.242. The van der Waals surface area contributed by atoms with E-state index in [1.807, 2.05) is 38.2 Å². The second-order valence-electron chi connectivity index (χ2n) is 6.01. The molecule has 0 N–H and O–H groups in total. The van der Waals surface area contributed by atoms with E-state index in [9.17, 15) is 10.1 Å². The average Bonchev–Trinajstić information content (AvgIpc) is 2.54. The van der Waals surface area contributed by atoms with Gasteiger partial charge >= 0.3 is 0 Å². The molecule has 0 saturated carbocycles. The van der Waals surface area contributed by atoms with Gasteiger partial charge in [-0.05, 0) is 50.1 Å². The monoisotopic (exact) mass is 312 g/mol. The van der Waals surface area contributed by atoms with Gasteiger partial charge in [-0.2, -0.15) is 0 Å². The van der Waals surface area contributed by atoms with E-state index in [0.717, 1.165) is 12.0 Å². The molecule has 4 nitrogen and oxygen atoms in total. The van der Waals surface area contributed by atoms with Crippen LogP contribution in [0.3, 0.4) is 0 Å². The number of rotatable bonds is 4.